The second-order valence-electron chi connectivity index (χ2n) is 12.3. The average Bonchev–Trinajstić information content (AvgIpc) is 3.52. The molecular weight excluding hydrogens is 550 g/mol. The van der Waals surface area contributed by atoms with E-state index in [1.165, 1.54) is 28.1 Å². The number of pyridine rings is 1. The zero-order valence-electron chi connectivity index (χ0n) is 25.7. The lowest BCUT2D eigenvalue weighted by molar-refractivity contribution is -0.128. The van der Waals surface area contributed by atoms with E-state index in [4.69, 9.17) is 4.98 Å². The number of hydrogen-bond acceptors (Lipinski definition) is 7. The van der Waals surface area contributed by atoms with Crippen molar-refractivity contribution in [3.05, 3.63) is 77.6 Å². The maximum absolute atomic E-state index is 13.9. The summed E-state index contributed by atoms with van der Waals surface area (Å²) < 4.78 is 0. The first-order valence-electron chi connectivity index (χ1n) is 15.7. The third-order valence-electron chi connectivity index (χ3n) is 9.73. The molecule has 0 unspecified atom stereocenters. The Balaban J connectivity index is 1.39. The van der Waals surface area contributed by atoms with Gasteiger partial charge < -0.3 is 25.3 Å². The highest BCUT2D eigenvalue weighted by atomic mass is 16.2. The number of carbonyl (C=O) groups is 2. The molecule has 0 bridgehead atoms. The van der Waals surface area contributed by atoms with Crippen LogP contribution in [-0.2, 0) is 17.8 Å². The molecule has 2 amide bonds. The maximum Gasteiger partial charge on any atom is 0.270 e. The summed E-state index contributed by atoms with van der Waals surface area (Å²) in [6, 6.07) is 16.8. The third-order valence-corrected chi connectivity index (χ3v) is 9.73. The summed E-state index contributed by atoms with van der Waals surface area (Å²) in [6.45, 7) is 12.6. The highest BCUT2D eigenvalue weighted by Crippen LogP contribution is 2.36. The molecule has 3 aliphatic rings. The number of nitrogens with zero attached hydrogens (tertiary/aromatic N) is 5. The highest BCUT2D eigenvalue weighted by Gasteiger charge is 2.36. The van der Waals surface area contributed by atoms with Gasteiger partial charge in [0.15, 0.2) is 0 Å². The molecule has 6 rings (SSSR count). The Hall–Kier alpha value is -4.42. The van der Waals surface area contributed by atoms with Crippen LogP contribution in [0.25, 0.3) is 10.8 Å². The van der Waals surface area contributed by atoms with E-state index in [-0.39, 0.29) is 29.8 Å². The Morgan fingerprint density at radius 1 is 1.18 bits per heavy atom. The van der Waals surface area contributed by atoms with Crippen LogP contribution in [-0.4, -0.2) is 72.5 Å². The fraction of sp³-hybridized carbons (Fsp3) is 0.429. The van der Waals surface area contributed by atoms with Crippen LogP contribution in [0.3, 0.4) is 0 Å². The van der Waals surface area contributed by atoms with Gasteiger partial charge in [-0.1, -0.05) is 43.8 Å². The molecule has 228 valence electrons. The van der Waals surface area contributed by atoms with Crippen LogP contribution < -0.4 is 20.4 Å². The summed E-state index contributed by atoms with van der Waals surface area (Å²) in [4.78, 5) is 37.9. The van der Waals surface area contributed by atoms with E-state index in [1.54, 1.807) is 4.90 Å². The molecule has 2 atom stereocenters. The molecule has 3 aliphatic heterocycles. The van der Waals surface area contributed by atoms with Crippen molar-refractivity contribution in [1.82, 2.24) is 20.5 Å². The van der Waals surface area contributed by atoms with Gasteiger partial charge in [0, 0.05) is 55.0 Å². The van der Waals surface area contributed by atoms with E-state index in [9.17, 15) is 14.9 Å². The van der Waals surface area contributed by atoms with E-state index >= 15 is 0 Å². The van der Waals surface area contributed by atoms with Gasteiger partial charge in [-0.25, -0.2) is 4.98 Å². The summed E-state index contributed by atoms with van der Waals surface area (Å²) >= 11 is 0. The van der Waals surface area contributed by atoms with E-state index in [0.29, 0.717) is 31.9 Å². The largest absolute Gasteiger partial charge is 0.367 e. The number of piperazine rings is 1. The summed E-state index contributed by atoms with van der Waals surface area (Å²) in [5.74, 6) is -0.315. The Kier molecular flexibility index (Phi) is 8.28. The van der Waals surface area contributed by atoms with Crippen LogP contribution in [0, 0.1) is 18.3 Å². The number of rotatable bonds is 7. The molecule has 0 aliphatic carbocycles. The van der Waals surface area contributed by atoms with Crippen LogP contribution in [0.15, 0.2) is 55.1 Å². The SMILES string of the molecule is C=CC(=O)N1CCN(c2cc(C(=O)N[C@@]3(CC)CCNC3)nc3c2CCN(c2cccc4cccc(C)c24)C3)C[C@@H]1CC#N. The summed E-state index contributed by atoms with van der Waals surface area (Å²) in [5, 5.41) is 18.7. The quantitative estimate of drug-likeness (QED) is 0.399. The lowest BCUT2D eigenvalue weighted by atomic mass is 9.94. The zero-order chi connectivity index (χ0) is 30.8. The van der Waals surface area contributed by atoms with Gasteiger partial charge in [-0.15, -0.1) is 0 Å². The Bertz CT molecular complexity index is 1630. The molecule has 3 aromatic rings. The fourth-order valence-electron chi connectivity index (χ4n) is 7.20. The first kappa shape index (κ1) is 29.6. The summed E-state index contributed by atoms with van der Waals surface area (Å²) in [6.07, 6.45) is 4.06. The second kappa shape index (κ2) is 12.3. The molecule has 2 saturated heterocycles. The molecule has 2 aromatic carbocycles. The first-order valence-corrected chi connectivity index (χ1v) is 15.7. The van der Waals surface area contributed by atoms with Crippen LogP contribution in [0.2, 0.25) is 0 Å². The van der Waals surface area contributed by atoms with Crippen molar-refractivity contribution >= 4 is 34.0 Å². The number of anilines is 2. The summed E-state index contributed by atoms with van der Waals surface area (Å²) in [5.41, 5.74) is 5.57. The Labute approximate surface area is 259 Å². The van der Waals surface area contributed by atoms with Crippen LogP contribution in [0.5, 0.6) is 0 Å². The molecule has 9 nitrogen and oxygen atoms in total. The van der Waals surface area contributed by atoms with E-state index in [1.807, 2.05) is 6.07 Å². The Morgan fingerprint density at radius 3 is 2.73 bits per heavy atom. The van der Waals surface area contributed by atoms with Crippen molar-refractivity contribution < 1.29 is 9.59 Å². The number of nitriles is 1. The van der Waals surface area contributed by atoms with Gasteiger partial charge in [-0.3, -0.25) is 9.59 Å². The monoisotopic (exact) mass is 591 g/mol. The van der Waals surface area contributed by atoms with Crippen LogP contribution in [0.4, 0.5) is 11.4 Å². The predicted octanol–water partition coefficient (Wildman–Crippen LogP) is 4.09. The van der Waals surface area contributed by atoms with Gasteiger partial charge in [-0.05, 0) is 61.9 Å². The van der Waals surface area contributed by atoms with Gasteiger partial charge in [0.1, 0.15) is 5.69 Å². The smallest absolute Gasteiger partial charge is 0.270 e. The third kappa shape index (κ3) is 5.50. The zero-order valence-corrected chi connectivity index (χ0v) is 25.7. The second-order valence-corrected chi connectivity index (χ2v) is 12.3. The highest BCUT2D eigenvalue weighted by molar-refractivity contribution is 5.97. The lowest BCUT2D eigenvalue weighted by Gasteiger charge is -2.43. The van der Waals surface area contributed by atoms with Gasteiger partial charge in [0.2, 0.25) is 5.91 Å². The number of carbonyl (C=O) groups excluding carboxylic acids is 2. The topological polar surface area (TPSA) is 105 Å². The molecule has 1 aromatic heterocycles. The van der Waals surface area contributed by atoms with Crippen LogP contribution >= 0.6 is 0 Å². The molecule has 0 spiro atoms. The number of aromatic nitrogens is 1. The molecule has 44 heavy (non-hydrogen) atoms. The Morgan fingerprint density at radius 2 is 2.00 bits per heavy atom. The molecule has 2 N–H and O–H groups in total. The van der Waals surface area contributed by atoms with Gasteiger partial charge >= 0.3 is 0 Å². The molecule has 9 heteroatoms. The molecule has 0 saturated carbocycles. The van der Waals surface area contributed by atoms with Gasteiger partial charge in [0.05, 0.1) is 36.3 Å². The van der Waals surface area contributed by atoms with Crippen molar-refractivity contribution in [3.8, 4) is 6.07 Å². The molecular formula is C35H41N7O2. The molecule has 0 radical (unpaired) electrons. The van der Waals surface area contributed by atoms with Gasteiger partial charge in [0.25, 0.3) is 5.91 Å². The maximum atomic E-state index is 13.9. The number of fused-ring (bicyclic) bond motifs is 2. The van der Waals surface area contributed by atoms with Crippen molar-refractivity contribution in [2.45, 2.75) is 57.7 Å². The number of benzene rings is 2. The van der Waals surface area contributed by atoms with Crippen molar-refractivity contribution in [2.24, 2.45) is 0 Å². The standard InChI is InChI=1S/C35H41N7O2/c1-4-32(43)42-19-18-41(21-26(42)12-15-36)31-20-28(34(44)39-35(5-2)14-16-37-23-35)38-29-22-40(17-13-27(29)31)30-11-7-10-25-9-6-8-24(3)33(25)30/h4,6-11,20,26,37H,1,5,12-14,16-19,21-23H2,2-3H3,(H,39,44)/t26-,35-/m0/s1. The van der Waals surface area contributed by atoms with E-state index in [0.717, 1.165) is 55.8 Å². The fourth-order valence-corrected chi connectivity index (χ4v) is 7.20. The minimum absolute atomic E-state index is 0.155. The lowest BCUT2D eigenvalue weighted by Crippen LogP contribution is -2.55. The number of hydrogen-bond donors (Lipinski definition) is 2. The first-order chi connectivity index (χ1) is 21.4. The normalized spacial score (nSPS) is 21.6. The number of amides is 2. The molecule has 4 heterocycles. The van der Waals surface area contributed by atoms with E-state index in [2.05, 4.69) is 83.3 Å². The minimum Gasteiger partial charge on any atom is -0.367 e. The predicted molar refractivity (Wildman–Crippen MR) is 174 cm³/mol. The van der Waals surface area contributed by atoms with Gasteiger partial charge in [-0.2, -0.15) is 5.26 Å². The van der Waals surface area contributed by atoms with Crippen molar-refractivity contribution in [3.63, 3.8) is 0 Å². The average molecular weight is 592 g/mol. The van der Waals surface area contributed by atoms with E-state index < -0.39 is 0 Å². The number of aryl methyl sites for hydroxylation is 1. The summed E-state index contributed by atoms with van der Waals surface area (Å²) in [7, 11) is 0. The molecule has 2 fully saturated rings. The van der Waals surface area contributed by atoms with Crippen LogP contribution in [0.1, 0.15) is 53.5 Å². The van der Waals surface area contributed by atoms with Crippen molar-refractivity contribution in [1.29, 1.82) is 5.26 Å². The minimum atomic E-state index is -0.282. The van der Waals surface area contributed by atoms with Crippen molar-refractivity contribution in [2.75, 3.05) is 49.1 Å². The number of nitrogens with one attached hydrogen (secondary N) is 2.